The van der Waals surface area contributed by atoms with Crippen LogP contribution in [0.15, 0.2) is 0 Å². The first-order valence-electron chi connectivity index (χ1n) is 5.08. The van der Waals surface area contributed by atoms with E-state index in [-0.39, 0.29) is 12.4 Å². The van der Waals surface area contributed by atoms with Crippen LogP contribution in [0.3, 0.4) is 0 Å². The minimum absolute atomic E-state index is 0. The second-order valence-electron chi connectivity index (χ2n) is 4.18. The number of carboxylic acids is 1. The van der Waals surface area contributed by atoms with E-state index in [9.17, 15) is 4.79 Å². The zero-order valence-electron chi connectivity index (χ0n) is 8.82. The Morgan fingerprint density at radius 2 is 1.86 bits per heavy atom. The molecule has 1 fully saturated rings. The molecule has 0 aliphatic heterocycles. The minimum atomic E-state index is -0.751. The van der Waals surface area contributed by atoms with Gasteiger partial charge in [0.2, 0.25) is 0 Å². The molecule has 84 valence electrons. The van der Waals surface area contributed by atoms with Crippen LogP contribution in [0, 0.1) is 5.92 Å². The summed E-state index contributed by atoms with van der Waals surface area (Å²) < 4.78 is 0. The Labute approximate surface area is 91.7 Å². The Bertz CT molecular complexity index is 179. The molecule has 4 heteroatoms. The maximum absolute atomic E-state index is 10.6. The summed E-state index contributed by atoms with van der Waals surface area (Å²) in [7, 11) is 0. The summed E-state index contributed by atoms with van der Waals surface area (Å²) in [6.45, 7) is 3.97. The van der Waals surface area contributed by atoms with Crippen LogP contribution in [0.5, 0.6) is 0 Å². The topological polar surface area (TPSA) is 49.3 Å². The van der Waals surface area contributed by atoms with Crippen molar-refractivity contribution in [1.82, 2.24) is 5.32 Å². The fraction of sp³-hybridized carbons (Fsp3) is 0.900. The standard InChI is InChI=1S/C10H19NO2.ClH/c1-7-3-5-9(6-4-7)11-8(2)10(12)13;/h7-9,11H,3-6H2,1-2H3,(H,12,13);1H/t7-,8-,9-;/m0./s1. The summed E-state index contributed by atoms with van der Waals surface area (Å²) in [5.74, 6) is 0.0665. The zero-order valence-corrected chi connectivity index (χ0v) is 9.64. The van der Waals surface area contributed by atoms with E-state index in [2.05, 4.69) is 12.2 Å². The van der Waals surface area contributed by atoms with Gasteiger partial charge < -0.3 is 10.4 Å². The molecule has 0 saturated heterocycles. The van der Waals surface area contributed by atoms with E-state index in [0.29, 0.717) is 6.04 Å². The van der Waals surface area contributed by atoms with Gasteiger partial charge in [0.15, 0.2) is 0 Å². The molecule has 0 spiro atoms. The number of nitrogens with one attached hydrogen (secondary N) is 1. The van der Waals surface area contributed by atoms with Crippen LogP contribution < -0.4 is 5.32 Å². The normalized spacial score (nSPS) is 29.0. The largest absolute Gasteiger partial charge is 0.480 e. The Morgan fingerprint density at radius 1 is 1.36 bits per heavy atom. The molecule has 2 N–H and O–H groups in total. The van der Waals surface area contributed by atoms with Crippen molar-refractivity contribution < 1.29 is 9.90 Å². The van der Waals surface area contributed by atoms with Crippen LogP contribution >= 0.6 is 12.4 Å². The molecule has 0 heterocycles. The van der Waals surface area contributed by atoms with Crippen LogP contribution in [-0.2, 0) is 4.79 Å². The predicted molar refractivity (Wildman–Crippen MR) is 58.9 cm³/mol. The Morgan fingerprint density at radius 3 is 2.29 bits per heavy atom. The zero-order chi connectivity index (χ0) is 9.84. The smallest absolute Gasteiger partial charge is 0.320 e. The molecule has 1 aliphatic rings. The molecule has 1 atom stereocenters. The lowest BCUT2D eigenvalue weighted by Crippen LogP contribution is -2.42. The molecule has 0 aromatic heterocycles. The SMILES string of the molecule is C[C@H](N[C@H]1CC[C@H](C)CC1)C(=O)O.Cl. The van der Waals surface area contributed by atoms with Gasteiger partial charge in [-0.05, 0) is 38.5 Å². The van der Waals surface area contributed by atoms with E-state index in [1.165, 1.54) is 12.8 Å². The van der Waals surface area contributed by atoms with Gasteiger partial charge in [0.05, 0.1) is 0 Å². The monoisotopic (exact) mass is 221 g/mol. The third kappa shape index (κ3) is 4.29. The van der Waals surface area contributed by atoms with Crippen molar-refractivity contribution in [2.24, 2.45) is 5.92 Å². The lowest BCUT2D eigenvalue weighted by molar-refractivity contribution is -0.139. The predicted octanol–water partition coefficient (Wildman–Crippen LogP) is 2.05. The highest BCUT2D eigenvalue weighted by atomic mass is 35.5. The second-order valence-corrected chi connectivity index (χ2v) is 4.18. The van der Waals surface area contributed by atoms with Gasteiger partial charge in [0, 0.05) is 6.04 Å². The number of rotatable bonds is 3. The molecule has 1 aliphatic carbocycles. The summed E-state index contributed by atoms with van der Waals surface area (Å²) in [6, 6.07) is 0.0145. The molecule has 0 unspecified atom stereocenters. The maximum Gasteiger partial charge on any atom is 0.320 e. The van der Waals surface area contributed by atoms with E-state index < -0.39 is 12.0 Å². The highest BCUT2D eigenvalue weighted by molar-refractivity contribution is 5.85. The van der Waals surface area contributed by atoms with Gasteiger partial charge in [-0.1, -0.05) is 6.92 Å². The first-order chi connectivity index (χ1) is 6.09. The van der Waals surface area contributed by atoms with Crippen molar-refractivity contribution in [3.05, 3.63) is 0 Å². The maximum atomic E-state index is 10.6. The van der Waals surface area contributed by atoms with Gasteiger partial charge in [-0.15, -0.1) is 12.4 Å². The number of carbonyl (C=O) groups is 1. The quantitative estimate of drug-likeness (QED) is 0.767. The Kier molecular flexibility index (Phi) is 6.12. The van der Waals surface area contributed by atoms with Gasteiger partial charge >= 0.3 is 5.97 Å². The first-order valence-corrected chi connectivity index (χ1v) is 5.08. The average Bonchev–Trinajstić information content (AvgIpc) is 2.08. The van der Waals surface area contributed by atoms with Gasteiger partial charge in [-0.3, -0.25) is 4.79 Å². The van der Waals surface area contributed by atoms with Crippen molar-refractivity contribution >= 4 is 18.4 Å². The molecular weight excluding hydrogens is 202 g/mol. The number of halogens is 1. The van der Waals surface area contributed by atoms with Gasteiger partial charge in [0.25, 0.3) is 0 Å². The number of hydrogen-bond acceptors (Lipinski definition) is 2. The van der Waals surface area contributed by atoms with Crippen molar-refractivity contribution in [3.8, 4) is 0 Å². The molecule has 0 amide bonds. The van der Waals surface area contributed by atoms with E-state index in [1.54, 1.807) is 6.92 Å². The highest BCUT2D eigenvalue weighted by Crippen LogP contribution is 2.23. The van der Waals surface area contributed by atoms with E-state index in [4.69, 9.17) is 5.11 Å². The molecule has 1 rings (SSSR count). The number of carboxylic acid groups (broad SMARTS) is 1. The summed E-state index contributed by atoms with van der Waals surface area (Å²) in [5.41, 5.74) is 0. The van der Waals surface area contributed by atoms with Gasteiger partial charge in [0.1, 0.15) is 6.04 Å². The third-order valence-electron chi connectivity index (χ3n) is 2.87. The molecule has 0 aromatic carbocycles. The van der Waals surface area contributed by atoms with Crippen molar-refractivity contribution in [2.75, 3.05) is 0 Å². The fourth-order valence-electron chi connectivity index (χ4n) is 1.85. The van der Waals surface area contributed by atoms with Crippen LogP contribution in [0.1, 0.15) is 39.5 Å². The molecule has 0 aromatic rings. The van der Waals surface area contributed by atoms with Crippen LogP contribution in [-0.4, -0.2) is 23.2 Å². The molecular formula is C10H20ClNO2. The number of aliphatic carboxylic acids is 1. The van der Waals surface area contributed by atoms with Crippen LogP contribution in [0.2, 0.25) is 0 Å². The molecule has 0 radical (unpaired) electrons. The van der Waals surface area contributed by atoms with E-state index in [0.717, 1.165) is 18.8 Å². The molecule has 3 nitrogen and oxygen atoms in total. The molecule has 1 saturated carbocycles. The van der Waals surface area contributed by atoms with E-state index in [1.807, 2.05) is 0 Å². The lowest BCUT2D eigenvalue weighted by Gasteiger charge is -2.28. The first kappa shape index (κ1) is 13.7. The van der Waals surface area contributed by atoms with Crippen molar-refractivity contribution in [3.63, 3.8) is 0 Å². The molecule has 14 heavy (non-hydrogen) atoms. The summed E-state index contributed by atoms with van der Waals surface area (Å²) >= 11 is 0. The highest BCUT2D eigenvalue weighted by Gasteiger charge is 2.21. The van der Waals surface area contributed by atoms with Crippen molar-refractivity contribution in [2.45, 2.75) is 51.6 Å². The lowest BCUT2D eigenvalue weighted by atomic mass is 9.87. The van der Waals surface area contributed by atoms with Gasteiger partial charge in [-0.25, -0.2) is 0 Å². The Balaban J connectivity index is 0.00000169. The minimum Gasteiger partial charge on any atom is -0.480 e. The van der Waals surface area contributed by atoms with Crippen LogP contribution in [0.4, 0.5) is 0 Å². The summed E-state index contributed by atoms with van der Waals surface area (Å²) in [6.07, 6.45) is 4.70. The van der Waals surface area contributed by atoms with E-state index >= 15 is 0 Å². The summed E-state index contributed by atoms with van der Waals surface area (Å²) in [4.78, 5) is 10.6. The summed E-state index contributed by atoms with van der Waals surface area (Å²) in [5, 5.41) is 11.8. The third-order valence-corrected chi connectivity index (χ3v) is 2.87. The fourth-order valence-corrected chi connectivity index (χ4v) is 1.85. The second kappa shape index (κ2) is 6.25. The Hall–Kier alpha value is -0.280. The van der Waals surface area contributed by atoms with Crippen LogP contribution in [0.25, 0.3) is 0 Å². The number of hydrogen-bond donors (Lipinski definition) is 2. The van der Waals surface area contributed by atoms with Gasteiger partial charge in [-0.2, -0.15) is 0 Å². The van der Waals surface area contributed by atoms with Crippen molar-refractivity contribution in [1.29, 1.82) is 0 Å². The molecule has 0 bridgehead atoms. The average molecular weight is 222 g/mol.